The van der Waals surface area contributed by atoms with Gasteiger partial charge in [0, 0.05) is 10.9 Å². The van der Waals surface area contributed by atoms with Crippen molar-refractivity contribution in [2.75, 3.05) is 6.61 Å². The Balaban J connectivity index is 1.60. The molecule has 3 heterocycles. The van der Waals surface area contributed by atoms with Gasteiger partial charge in [-0.15, -0.1) is 11.3 Å². The molecule has 4 aromatic rings. The lowest BCUT2D eigenvalue weighted by atomic mass is 10.0. The van der Waals surface area contributed by atoms with Crippen LogP contribution in [0, 0.1) is 6.92 Å². The maximum Gasteiger partial charge on any atom is 0.283 e. The van der Waals surface area contributed by atoms with Crippen molar-refractivity contribution < 1.29 is 9.53 Å². The molecule has 0 aliphatic carbocycles. The Morgan fingerprint density at radius 1 is 1.18 bits per heavy atom. The molecule has 7 heteroatoms. The Bertz CT molecular complexity index is 1350. The molecule has 0 saturated heterocycles. The van der Waals surface area contributed by atoms with Crippen LogP contribution in [0.15, 0.2) is 72.1 Å². The van der Waals surface area contributed by atoms with Crippen molar-refractivity contribution in [3.05, 3.63) is 98.8 Å². The summed E-state index contributed by atoms with van der Waals surface area (Å²) in [6.07, 6.45) is 2.03. The van der Waals surface area contributed by atoms with Crippen molar-refractivity contribution in [1.82, 2.24) is 15.4 Å². The monoisotopic (exact) mass is 475 g/mol. The molecule has 1 aliphatic rings. The number of benzene rings is 2. The Morgan fingerprint density at radius 3 is 2.73 bits per heavy atom. The highest BCUT2D eigenvalue weighted by Gasteiger charge is 2.33. The van der Waals surface area contributed by atoms with Gasteiger partial charge >= 0.3 is 0 Å². The van der Waals surface area contributed by atoms with E-state index in [-0.39, 0.29) is 5.91 Å². The summed E-state index contributed by atoms with van der Waals surface area (Å²) in [5.74, 6) is 0.652. The van der Waals surface area contributed by atoms with Gasteiger partial charge in [0.2, 0.25) is 0 Å². The van der Waals surface area contributed by atoms with Crippen LogP contribution in [0.25, 0.3) is 16.6 Å². The number of halogens is 1. The van der Waals surface area contributed by atoms with Crippen LogP contribution >= 0.6 is 22.9 Å². The van der Waals surface area contributed by atoms with Crippen molar-refractivity contribution in [3.8, 4) is 5.75 Å². The predicted molar refractivity (Wildman–Crippen MR) is 133 cm³/mol. The number of hydrazine groups is 1. The maximum absolute atomic E-state index is 13.4. The Hall–Kier alpha value is -3.35. The van der Waals surface area contributed by atoms with E-state index in [0.717, 1.165) is 33.5 Å². The molecule has 166 valence electrons. The number of thiophene rings is 1. The summed E-state index contributed by atoms with van der Waals surface area (Å²) in [6, 6.07) is 19.2. The van der Waals surface area contributed by atoms with E-state index >= 15 is 0 Å². The molecule has 5 rings (SSSR count). The van der Waals surface area contributed by atoms with Gasteiger partial charge in [0.15, 0.2) is 0 Å². The summed E-state index contributed by atoms with van der Waals surface area (Å²) in [6.45, 7) is 4.58. The molecule has 5 nitrogen and oxygen atoms in total. The SMILES string of the molecule is CCOc1ccc2nc(Cl)c(C3C=C(c4ccc(C)cc4)NN3C(=O)c3cccs3)cc2c1. The largest absolute Gasteiger partial charge is 0.494 e. The first-order valence-electron chi connectivity index (χ1n) is 10.7. The van der Waals surface area contributed by atoms with Crippen LogP contribution in [0.2, 0.25) is 5.15 Å². The van der Waals surface area contributed by atoms with E-state index in [1.54, 1.807) is 5.01 Å². The van der Waals surface area contributed by atoms with Crippen molar-refractivity contribution in [2.24, 2.45) is 0 Å². The first-order chi connectivity index (χ1) is 16.0. The van der Waals surface area contributed by atoms with Crippen molar-refractivity contribution in [2.45, 2.75) is 19.9 Å². The molecule has 1 aliphatic heterocycles. The third-order valence-electron chi connectivity index (χ3n) is 5.55. The first kappa shape index (κ1) is 21.5. The molecule has 0 bridgehead atoms. The molecular weight excluding hydrogens is 454 g/mol. The number of fused-ring (bicyclic) bond motifs is 1. The lowest BCUT2D eigenvalue weighted by Crippen LogP contribution is -2.39. The van der Waals surface area contributed by atoms with Crippen molar-refractivity contribution in [1.29, 1.82) is 0 Å². The molecule has 2 aromatic heterocycles. The average molecular weight is 476 g/mol. The van der Waals surface area contributed by atoms with E-state index < -0.39 is 6.04 Å². The quantitative estimate of drug-likeness (QED) is 0.339. The summed E-state index contributed by atoms with van der Waals surface area (Å²) in [5, 5.41) is 4.79. The Morgan fingerprint density at radius 2 is 2.00 bits per heavy atom. The summed E-state index contributed by atoms with van der Waals surface area (Å²) in [5.41, 5.74) is 7.85. The molecule has 1 unspecified atom stereocenters. The van der Waals surface area contributed by atoms with Gasteiger partial charge in [-0.3, -0.25) is 10.2 Å². The smallest absolute Gasteiger partial charge is 0.283 e. The third kappa shape index (κ3) is 4.19. The molecule has 0 saturated carbocycles. The summed E-state index contributed by atoms with van der Waals surface area (Å²) in [4.78, 5) is 18.6. The van der Waals surface area contributed by atoms with E-state index in [1.807, 2.05) is 73.8 Å². The lowest BCUT2D eigenvalue weighted by Gasteiger charge is -2.25. The van der Waals surface area contributed by atoms with Crippen molar-refractivity contribution >= 4 is 45.4 Å². The number of pyridine rings is 1. The van der Waals surface area contributed by atoms with E-state index in [9.17, 15) is 4.79 Å². The second kappa shape index (κ2) is 8.89. The van der Waals surface area contributed by atoms with Gasteiger partial charge in [-0.25, -0.2) is 9.99 Å². The number of ether oxygens (including phenoxy) is 1. The van der Waals surface area contributed by atoms with E-state index in [1.165, 1.54) is 16.9 Å². The number of hydrogen-bond donors (Lipinski definition) is 1. The summed E-state index contributed by atoms with van der Waals surface area (Å²) >= 11 is 8.07. The van der Waals surface area contributed by atoms with Gasteiger partial charge in [0.25, 0.3) is 5.91 Å². The average Bonchev–Trinajstić information content (AvgIpc) is 3.50. The molecule has 1 N–H and O–H groups in total. The Kier molecular flexibility index (Phi) is 5.79. The van der Waals surface area contributed by atoms with E-state index in [0.29, 0.717) is 16.6 Å². The topological polar surface area (TPSA) is 54.5 Å². The maximum atomic E-state index is 13.4. The number of amides is 1. The highest BCUT2D eigenvalue weighted by Crippen LogP contribution is 2.37. The molecule has 0 radical (unpaired) electrons. The second-order valence-corrected chi connectivity index (χ2v) is 9.12. The molecular formula is C26H22ClN3O2S. The highest BCUT2D eigenvalue weighted by molar-refractivity contribution is 7.12. The summed E-state index contributed by atoms with van der Waals surface area (Å²) < 4.78 is 5.65. The minimum atomic E-state index is -0.420. The number of nitrogens with zero attached hydrogens (tertiary/aromatic N) is 2. The van der Waals surface area contributed by atoms with Gasteiger partial charge < -0.3 is 4.74 Å². The highest BCUT2D eigenvalue weighted by atomic mass is 35.5. The number of aromatic nitrogens is 1. The van der Waals surface area contributed by atoms with E-state index in [4.69, 9.17) is 16.3 Å². The summed E-state index contributed by atoms with van der Waals surface area (Å²) in [7, 11) is 0. The third-order valence-corrected chi connectivity index (χ3v) is 6.71. The molecule has 33 heavy (non-hydrogen) atoms. The zero-order chi connectivity index (χ0) is 22.9. The normalized spacial score (nSPS) is 15.4. The van der Waals surface area contributed by atoms with Crippen LogP contribution in [0.5, 0.6) is 5.75 Å². The fourth-order valence-electron chi connectivity index (χ4n) is 3.90. The number of hydrogen-bond acceptors (Lipinski definition) is 5. The van der Waals surface area contributed by atoms with Gasteiger partial charge in [-0.1, -0.05) is 47.5 Å². The minimum absolute atomic E-state index is 0.118. The van der Waals surface area contributed by atoms with Crippen LogP contribution < -0.4 is 10.2 Å². The molecule has 1 amide bonds. The number of rotatable bonds is 5. The molecule has 1 atom stereocenters. The lowest BCUT2D eigenvalue weighted by molar-refractivity contribution is 0.0677. The number of carbonyl (C=O) groups excluding carboxylic acids is 1. The number of carbonyl (C=O) groups is 1. The zero-order valence-corrected chi connectivity index (χ0v) is 19.8. The Labute approximate surface area is 201 Å². The predicted octanol–water partition coefficient (Wildman–Crippen LogP) is 6.40. The van der Waals surface area contributed by atoms with Gasteiger partial charge in [-0.05, 0) is 61.2 Å². The fourth-order valence-corrected chi connectivity index (χ4v) is 4.82. The molecule has 0 spiro atoms. The standard InChI is InChI=1S/C26H22ClN3O2S/c1-3-32-19-10-11-21-18(13-19)14-20(25(27)28-21)23-15-22(17-8-6-16(2)7-9-17)29-30(23)26(31)24-5-4-12-33-24/h4-15,23,29H,3H2,1-2H3. The fraction of sp³-hybridized carbons (Fsp3) is 0.154. The number of nitrogens with one attached hydrogen (secondary N) is 1. The van der Waals surface area contributed by atoms with Crippen LogP contribution in [-0.4, -0.2) is 22.5 Å². The molecule has 2 aromatic carbocycles. The second-order valence-electron chi connectivity index (χ2n) is 7.81. The van der Waals surface area contributed by atoms with Gasteiger partial charge in [0.05, 0.1) is 22.7 Å². The zero-order valence-electron chi connectivity index (χ0n) is 18.2. The molecule has 0 fully saturated rings. The minimum Gasteiger partial charge on any atom is -0.494 e. The van der Waals surface area contributed by atoms with Crippen molar-refractivity contribution in [3.63, 3.8) is 0 Å². The van der Waals surface area contributed by atoms with Gasteiger partial charge in [0.1, 0.15) is 16.9 Å². The van der Waals surface area contributed by atoms with Crippen LogP contribution in [0.4, 0.5) is 0 Å². The number of aryl methyl sites for hydroxylation is 1. The van der Waals surface area contributed by atoms with Crippen LogP contribution in [0.1, 0.15) is 39.3 Å². The first-order valence-corrected chi connectivity index (χ1v) is 11.9. The van der Waals surface area contributed by atoms with Crippen LogP contribution in [0.3, 0.4) is 0 Å². The van der Waals surface area contributed by atoms with E-state index in [2.05, 4.69) is 22.5 Å². The van der Waals surface area contributed by atoms with Crippen LogP contribution in [-0.2, 0) is 0 Å². The van der Waals surface area contributed by atoms with Gasteiger partial charge in [-0.2, -0.15) is 0 Å².